The van der Waals surface area contributed by atoms with E-state index in [0.717, 1.165) is 6.20 Å². The Morgan fingerprint density at radius 1 is 0.917 bits per heavy atom. The van der Waals surface area contributed by atoms with Crippen LogP contribution in [-0.2, 0) is 12.4 Å². The average Bonchev–Trinajstić information content (AvgIpc) is 2.45. The minimum Gasteiger partial charge on any atom is -0.322 e. The van der Waals surface area contributed by atoms with Crippen LogP contribution in [0.2, 0.25) is 0 Å². The lowest BCUT2D eigenvalue weighted by Crippen LogP contribution is -2.16. The van der Waals surface area contributed by atoms with Crippen LogP contribution in [-0.4, -0.2) is 10.9 Å². The van der Waals surface area contributed by atoms with Crippen LogP contribution in [0.15, 0.2) is 41.1 Å². The molecule has 1 aromatic carbocycles. The SMILES string of the molecule is O=C(Nc1cc(C(F)(F)F)cc(C(F)(F)F)c1)c1cncc(Br)c1. The second-order valence-corrected chi connectivity index (χ2v) is 5.56. The van der Waals surface area contributed by atoms with E-state index in [1.807, 2.05) is 5.32 Å². The first-order chi connectivity index (χ1) is 11.0. The van der Waals surface area contributed by atoms with E-state index in [9.17, 15) is 31.1 Å². The van der Waals surface area contributed by atoms with E-state index >= 15 is 0 Å². The zero-order valence-corrected chi connectivity index (χ0v) is 13.1. The first-order valence-corrected chi connectivity index (χ1v) is 6.97. The predicted octanol–water partition coefficient (Wildman–Crippen LogP) is 5.13. The number of aromatic nitrogens is 1. The molecule has 0 saturated heterocycles. The van der Waals surface area contributed by atoms with Gasteiger partial charge >= 0.3 is 12.4 Å². The Hall–Kier alpha value is -2.10. The number of hydrogen-bond donors (Lipinski definition) is 1. The van der Waals surface area contributed by atoms with Crippen LogP contribution in [0.3, 0.4) is 0 Å². The minimum absolute atomic E-state index is 0.0175. The van der Waals surface area contributed by atoms with E-state index in [0.29, 0.717) is 16.6 Å². The summed E-state index contributed by atoms with van der Waals surface area (Å²) in [7, 11) is 0. The molecule has 0 aliphatic carbocycles. The lowest BCUT2D eigenvalue weighted by atomic mass is 10.1. The standard InChI is InChI=1S/C14H7BrF6N2O/c15-10-1-7(5-22-6-10)12(24)23-11-3-8(13(16,17)18)2-9(4-11)14(19,20)21/h1-6H,(H,23,24). The smallest absolute Gasteiger partial charge is 0.322 e. The molecule has 0 atom stereocenters. The molecule has 0 saturated carbocycles. The minimum atomic E-state index is -4.99. The van der Waals surface area contributed by atoms with Crippen molar-refractivity contribution in [2.75, 3.05) is 5.32 Å². The van der Waals surface area contributed by atoms with Gasteiger partial charge in [-0.15, -0.1) is 0 Å². The molecule has 128 valence electrons. The van der Waals surface area contributed by atoms with Crippen molar-refractivity contribution < 1.29 is 31.1 Å². The van der Waals surface area contributed by atoms with Crippen molar-refractivity contribution in [1.82, 2.24) is 4.98 Å². The van der Waals surface area contributed by atoms with Gasteiger partial charge in [0.05, 0.1) is 16.7 Å². The number of carbonyl (C=O) groups is 1. The fourth-order valence-corrected chi connectivity index (χ4v) is 2.13. The number of carbonyl (C=O) groups excluding carboxylic acids is 1. The van der Waals surface area contributed by atoms with Gasteiger partial charge in [-0.2, -0.15) is 26.3 Å². The number of rotatable bonds is 2. The molecule has 10 heteroatoms. The summed E-state index contributed by atoms with van der Waals surface area (Å²) in [5.74, 6) is -0.892. The summed E-state index contributed by atoms with van der Waals surface area (Å²) in [5, 5.41) is 2.01. The fourth-order valence-electron chi connectivity index (χ4n) is 1.77. The molecule has 0 bridgehead atoms. The van der Waals surface area contributed by atoms with Crippen LogP contribution in [0.1, 0.15) is 21.5 Å². The Morgan fingerprint density at radius 3 is 1.92 bits per heavy atom. The predicted molar refractivity (Wildman–Crippen MR) is 76.3 cm³/mol. The third-order valence-corrected chi connectivity index (χ3v) is 3.25. The summed E-state index contributed by atoms with van der Waals surface area (Å²) >= 11 is 3.05. The van der Waals surface area contributed by atoms with Gasteiger partial charge in [0.15, 0.2) is 0 Å². The lowest BCUT2D eigenvalue weighted by Gasteiger charge is -2.14. The number of benzene rings is 1. The van der Waals surface area contributed by atoms with Gasteiger partial charge in [0.2, 0.25) is 0 Å². The van der Waals surface area contributed by atoms with E-state index < -0.39 is 35.1 Å². The van der Waals surface area contributed by atoms with Crippen LogP contribution in [0, 0.1) is 0 Å². The number of hydrogen-bond acceptors (Lipinski definition) is 2. The number of amides is 1. The van der Waals surface area contributed by atoms with E-state index in [2.05, 4.69) is 20.9 Å². The second kappa shape index (κ2) is 6.42. The van der Waals surface area contributed by atoms with Gasteiger partial charge < -0.3 is 5.32 Å². The lowest BCUT2D eigenvalue weighted by molar-refractivity contribution is -0.143. The van der Waals surface area contributed by atoms with Crippen LogP contribution < -0.4 is 5.32 Å². The summed E-state index contributed by atoms with van der Waals surface area (Å²) in [5.41, 5.74) is -3.68. The highest BCUT2D eigenvalue weighted by atomic mass is 79.9. The van der Waals surface area contributed by atoms with E-state index in [1.54, 1.807) is 0 Å². The van der Waals surface area contributed by atoms with Crippen molar-refractivity contribution in [3.63, 3.8) is 0 Å². The zero-order valence-electron chi connectivity index (χ0n) is 11.5. The Kier molecular flexibility index (Phi) is 4.88. The van der Waals surface area contributed by atoms with Gasteiger partial charge in [-0.05, 0) is 40.2 Å². The molecule has 2 aromatic rings. The monoisotopic (exact) mass is 412 g/mol. The molecule has 0 aliphatic rings. The first-order valence-electron chi connectivity index (χ1n) is 6.18. The quantitative estimate of drug-likeness (QED) is 0.694. The highest BCUT2D eigenvalue weighted by Gasteiger charge is 2.37. The molecule has 1 amide bonds. The molecule has 1 aromatic heterocycles. The number of alkyl halides is 6. The van der Waals surface area contributed by atoms with Crippen molar-refractivity contribution in [2.24, 2.45) is 0 Å². The maximum atomic E-state index is 12.8. The van der Waals surface area contributed by atoms with Gasteiger partial charge in [-0.25, -0.2) is 0 Å². The van der Waals surface area contributed by atoms with Crippen molar-refractivity contribution in [2.45, 2.75) is 12.4 Å². The number of pyridine rings is 1. The molecule has 1 heterocycles. The molecule has 0 unspecified atom stereocenters. The highest BCUT2D eigenvalue weighted by molar-refractivity contribution is 9.10. The third kappa shape index (κ3) is 4.47. The molecule has 24 heavy (non-hydrogen) atoms. The number of nitrogens with zero attached hydrogens (tertiary/aromatic N) is 1. The largest absolute Gasteiger partial charge is 0.416 e. The summed E-state index contributed by atoms with van der Waals surface area (Å²) in [4.78, 5) is 15.6. The first kappa shape index (κ1) is 18.2. The summed E-state index contributed by atoms with van der Waals surface area (Å²) in [6.07, 6.45) is -7.49. The average molecular weight is 413 g/mol. The molecular formula is C14H7BrF6N2O. The number of anilines is 1. The third-order valence-electron chi connectivity index (χ3n) is 2.81. The highest BCUT2D eigenvalue weighted by Crippen LogP contribution is 2.37. The van der Waals surface area contributed by atoms with Crippen molar-refractivity contribution in [1.29, 1.82) is 0 Å². The van der Waals surface area contributed by atoms with Gasteiger partial charge in [-0.1, -0.05) is 0 Å². The molecule has 0 aliphatic heterocycles. The molecule has 0 spiro atoms. The van der Waals surface area contributed by atoms with Crippen LogP contribution in [0.5, 0.6) is 0 Å². The Morgan fingerprint density at radius 2 is 1.46 bits per heavy atom. The Balaban J connectivity index is 2.40. The fraction of sp³-hybridized carbons (Fsp3) is 0.143. The maximum Gasteiger partial charge on any atom is 0.416 e. The Bertz CT molecular complexity index is 740. The summed E-state index contributed by atoms with van der Waals surface area (Å²) in [6, 6.07) is 2.16. The Labute approximate surface area is 139 Å². The van der Waals surface area contributed by atoms with E-state index in [4.69, 9.17) is 0 Å². The maximum absolute atomic E-state index is 12.8. The molecular weight excluding hydrogens is 406 g/mol. The topological polar surface area (TPSA) is 42.0 Å². The van der Waals surface area contributed by atoms with Crippen LogP contribution in [0.4, 0.5) is 32.0 Å². The van der Waals surface area contributed by atoms with Crippen LogP contribution in [0.25, 0.3) is 0 Å². The zero-order chi connectivity index (χ0) is 18.1. The molecule has 3 nitrogen and oxygen atoms in total. The van der Waals surface area contributed by atoms with Crippen LogP contribution >= 0.6 is 15.9 Å². The van der Waals surface area contributed by atoms with E-state index in [-0.39, 0.29) is 11.6 Å². The van der Waals surface area contributed by atoms with E-state index in [1.165, 1.54) is 12.3 Å². The van der Waals surface area contributed by atoms with Gasteiger partial charge in [-0.3, -0.25) is 9.78 Å². The van der Waals surface area contributed by atoms with Crippen molar-refractivity contribution >= 4 is 27.5 Å². The summed E-state index contributed by atoms with van der Waals surface area (Å²) < 4.78 is 76.9. The molecule has 1 N–H and O–H groups in total. The molecule has 2 rings (SSSR count). The van der Waals surface area contributed by atoms with Crippen molar-refractivity contribution in [3.8, 4) is 0 Å². The number of halogens is 7. The van der Waals surface area contributed by atoms with Gasteiger partial charge in [0, 0.05) is 22.6 Å². The normalized spacial score (nSPS) is 12.1. The number of nitrogens with one attached hydrogen (secondary N) is 1. The summed E-state index contributed by atoms with van der Waals surface area (Å²) in [6.45, 7) is 0. The van der Waals surface area contributed by atoms with Crippen molar-refractivity contribution in [3.05, 3.63) is 57.8 Å². The molecule has 0 fully saturated rings. The second-order valence-electron chi connectivity index (χ2n) is 4.64. The van der Waals surface area contributed by atoms with Gasteiger partial charge in [0.25, 0.3) is 5.91 Å². The van der Waals surface area contributed by atoms with Gasteiger partial charge in [0.1, 0.15) is 0 Å². The molecule has 0 radical (unpaired) electrons.